The molecule has 3 rings (SSSR count). The molecule has 178 valence electrons. The second-order valence-electron chi connectivity index (χ2n) is 9.34. The van der Waals surface area contributed by atoms with Gasteiger partial charge in [-0.25, -0.2) is 13.2 Å². The first-order valence-corrected chi connectivity index (χ1v) is 10.9. The number of nitrogens with zero attached hydrogens (tertiary/aromatic N) is 1. The van der Waals surface area contributed by atoms with Crippen LogP contribution in [0.5, 0.6) is 0 Å². The van der Waals surface area contributed by atoms with Crippen LogP contribution in [0.3, 0.4) is 0 Å². The van der Waals surface area contributed by atoms with Crippen molar-refractivity contribution in [3.05, 3.63) is 107 Å². The number of quaternary nitrogens is 1. The van der Waals surface area contributed by atoms with Crippen LogP contribution < -0.4 is 0 Å². The molecule has 0 spiro atoms. The summed E-state index contributed by atoms with van der Waals surface area (Å²) in [7, 11) is 8.86. The second kappa shape index (κ2) is 12.1. The summed E-state index contributed by atoms with van der Waals surface area (Å²) in [5, 5.41) is 0. The molecule has 0 radical (unpaired) electrons. The Balaban J connectivity index is 0.000000696. The van der Waals surface area contributed by atoms with Gasteiger partial charge in [0.25, 0.3) is 0 Å². The summed E-state index contributed by atoms with van der Waals surface area (Å²) in [6.45, 7) is 0. The van der Waals surface area contributed by atoms with Crippen molar-refractivity contribution in [1.82, 2.24) is 0 Å². The van der Waals surface area contributed by atoms with Crippen LogP contribution in [0.4, 0.5) is 13.2 Å². The number of hydrogen-bond acceptors (Lipinski definition) is 0. The van der Waals surface area contributed by atoms with Crippen LogP contribution in [0.25, 0.3) is 0 Å². The predicted octanol–water partition coefficient (Wildman–Crippen LogP) is 6.10. The minimum Gasteiger partial charge on any atom is -0.333 e. The Morgan fingerprint density at radius 3 is 1.24 bits per heavy atom. The predicted molar refractivity (Wildman–Crippen MR) is 136 cm³/mol. The first kappa shape index (κ1) is 26.7. The fraction of sp³-hybridized carbons (Fsp3) is 0.357. The van der Waals surface area contributed by atoms with Crippen LogP contribution in [0, 0.1) is 17.5 Å². The molecular formula is C28H37BF3N. The maximum atomic E-state index is 15.1. The lowest BCUT2D eigenvalue weighted by Crippen LogP contribution is -2.33. The smallest absolute Gasteiger partial charge is 0.127 e. The summed E-state index contributed by atoms with van der Waals surface area (Å²) in [5.74, 6) is -1.33. The van der Waals surface area contributed by atoms with Crippen molar-refractivity contribution < 1.29 is 17.7 Å². The van der Waals surface area contributed by atoms with E-state index in [2.05, 4.69) is 28.2 Å². The molecule has 0 fully saturated rings. The van der Waals surface area contributed by atoms with Crippen LogP contribution >= 0.6 is 0 Å². The number of unbranched alkanes of at least 4 members (excludes halogenated alkanes) is 2. The Morgan fingerprint density at radius 2 is 0.939 bits per heavy atom. The maximum Gasteiger partial charge on any atom is 0.127 e. The quantitative estimate of drug-likeness (QED) is 0.167. The monoisotopic (exact) mass is 455 g/mol. The highest BCUT2D eigenvalue weighted by molar-refractivity contribution is 6.08. The number of rotatable bonds is 8. The lowest BCUT2D eigenvalue weighted by molar-refractivity contribution is -0.849. The van der Waals surface area contributed by atoms with E-state index in [4.69, 9.17) is 0 Å². The maximum absolute atomic E-state index is 15.1. The largest absolute Gasteiger partial charge is 0.333 e. The molecule has 0 amide bonds. The highest BCUT2D eigenvalue weighted by Gasteiger charge is 2.41. The van der Waals surface area contributed by atoms with E-state index in [0.717, 1.165) is 23.7 Å². The Labute approximate surface area is 198 Å². The number of benzene rings is 3. The molecule has 0 atom stereocenters. The van der Waals surface area contributed by atoms with Crippen LogP contribution in [0.15, 0.2) is 72.8 Å². The van der Waals surface area contributed by atoms with Gasteiger partial charge >= 0.3 is 0 Å². The Bertz CT molecular complexity index is 897. The molecule has 3 aromatic rings. The lowest BCUT2D eigenvalue weighted by atomic mass is 9.66. The molecule has 1 nitrogen and oxygen atoms in total. The summed E-state index contributed by atoms with van der Waals surface area (Å²) in [5.41, 5.74) is -0.238. The van der Waals surface area contributed by atoms with Crippen molar-refractivity contribution in [2.24, 2.45) is 0 Å². The van der Waals surface area contributed by atoms with Crippen LogP contribution in [-0.2, 0) is 5.41 Å². The van der Waals surface area contributed by atoms with Crippen LogP contribution in [0.1, 0.15) is 42.4 Å². The van der Waals surface area contributed by atoms with Gasteiger partial charge in [0.2, 0.25) is 0 Å². The first-order chi connectivity index (χ1) is 15.6. The van der Waals surface area contributed by atoms with Crippen molar-refractivity contribution in [1.29, 1.82) is 0 Å². The normalized spacial score (nSPS) is 11.6. The average molecular weight is 455 g/mol. The van der Waals surface area contributed by atoms with Gasteiger partial charge in [0.15, 0.2) is 0 Å². The van der Waals surface area contributed by atoms with Gasteiger partial charge in [0.1, 0.15) is 17.5 Å². The molecule has 0 saturated heterocycles. The van der Waals surface area contributed by atoms with Crippen molar-refractivity contribution in [2.75, 3.05) is 28.2 Å². The molecular weight excluding hydrogens is 418 g/mol. The summed E-state index contributed by atoms with van der Waals surface area (Å²) >= 11 is 0. The van der Waals surface area contributed by atoms with E-state index < -0.39 is 22.9 Å². The van der Waals surface area contributed by atoms with Crippen molar-refractivity contribution in [2.45, 2.75) is 37.4 Å². The molecule has 0 aliphatic heterocycles. The van der Waals surface area contributed by atoms with Gasteiger partial charge in [0, 0.05) is 16.7 Å². The van der Waals surface area contributed by atoms with Crippen molar-refractivity contribution >= 4 is 7.85 Å². The minimum absolute atomic E-state index is 0.323. The minimum atomic E-state index is -1.21. The topological polar surface area (TPSA) is 0 Å². The fourth-order valence-corrected chi connectivity index (χ4v) is 3.83. The fourth-order valence-electron chi connectivity index (χ4n) is 3.83. The van der Waals surface area contributed by atoms with Crippen molar-refractivity contribution in [3.8, 4) is 0 Å². The molecule has 5 heteroatoms. The van der Waals surface area contributed by atoms with E-state index in [1.54, 1.807) is 54.6 Å². The van der Waals surface area contributed by atoms with Gasteiger partial charge < -0.3 is 4.48 Å². The molecule has 0 unspecified atom stereocenters. The molecule has 0 aliphatic carbocycles. The SMILES string of the molecule is C[N+](C)(C)C.[BH3-]CCCCCC(c1ccccc1F)(c1ccccc1F)c1ccccc1F. The molecule has 0 aliphatic rings. The Kier molecular flexibility index (Phi) is 9.78. The van der Waals surface area contributed by atoms with E-state index in [9.17, 15) is 0 Å². The third-order valence-electron chi connectivity index (χ3n) is 5.05. The average Bonchev–Trinajstić information content (AvgIpc) is 2.75. The zero-order valence-electron chi connectivity index (χ0n) is 19.5. The standard InChI is InChI=1S/C24H25BF3.C4H12N/c25-17-9-1-8-16-24(18-10-2-5-13-21(18)26,19-11-3-6-14-22(19)27)20-12-4-7-15-23(20)28;1-5(2,3)4/h2-7,10-15H,1,8-9,16-17H2,25H3;1-4H3/q-1;+1. The number of hydrogen-bond donors (Lipinski definition) is 0. The molecule has 0 N–H and O–H groups in total. The molecule has 33 heavy (non-hydrogen) atoms. The third kappa shape index (κ3) is 7.23. The van der Waals surface area contributed by atoms with E-state index >= 15 is 13.2 Å². The Hall–Kier alpha value is -2.53. The van der Waals surface area contributed by atoms with Gasteiger partial charge in [-0.3, -0.25) is 0 Å². The van der Waals surface area contributed by atoms with Gasteiger partial charge in [0.05, 0.1) is 33.6 Å². The third-order valence-corrected chi connectivity index (χ3v) is 5.05. The highest BCUT2D eigenvalue weighted by Crippen LogP contribution is 2.46. The lowest BCUT2D eigenvalue weighted by Gasteiger charge is -2.37. The molecule has 0 saturated carbocycles. The van der Waals surface area contributed by atoms with E-state index in [1.807, 2.05) is 0 Å². The van der Waals surface area contributed by atoms with E-state index in [0.29, 0.717) is 31.0 Å². The van der Waals surface area contributed by atoms with Crippen LogP contribution in [0.2, 0.25) is 6.32 Å². The number of halogens is 3. The summed E-state index contributed by atoms with van der Waals surface area (Å²) in [6.07, 6.45) is 4.66. The van der Waals surface area contributed by atoms with Gasteiger partial charge in [-0.15, -0.1) is 0 Å². The second-order valence-corrected chi connectivity index (χ2v) is 9.34. The van der Waals surface area contributed by atoms with Gasteiger partial charge in [-0.1, -0.05) is 73.9 Å². The molecule has 0 heterocycles. The molecule has 3 aromatic carbocycles. The summed E-state index contributed by atoms with van der Waals surface area (Å²) in [6, 6.07) is 19.1. The molecule has 0 bridgehead atoms. The van der Waals surface area contributed by atoms with Gasteiger partial charge in [-0.2, -0.15) is 6.32 Å². The molecule has 0 aromatic heterocycles. The summed E-state index contributed by atoms with van der Waals surface area (Å²) in [4.78, 5) is 0. The van der Waals surface area contributed by atoms with Crippen molar-refractivity contribution in [3.63, 3.8) is 0 Å². The highest BCUT2D eigenvalue weighted by atomic mass is 19.1. The van der Waals surface area contributed by atoms with Crippen LogP contribution in [-0.4, -0.2) is 40.5 Å². The zero-order chi connectivity index (χ0) is 24.5. The zero-order valence-corrected chi connectivity index (χ0v) is 19.5. The Morgan fingerprint density at radius 1 is 0.606 bits per heavy atom. The summed E-state index contributed by atoms with van der Waals surface area (Å²) < 4.78 is 46.2. The van der Waals surface area contributed by atoms with E-state index in [-0.39, 0.29) is 0 Å². The first-order valence-electron chi connectivity index (χ1n) is 10.9. The van der Waals surface area contributed by atoms with Gasteiger partial charge in [-0.05, 0) is 32.5 Å². The van der Waals surface area contributed by atoms with E-state index in [1.165, 1.54) is 24.5 Å².